The molecule has 0 amide bonds. The van der Waals surface area contributed by atoms with Gasteiger partial charge >= 0.3 is 60.4 Å². The molecule has 0 rings (SSSR count). The standard InChI is InChI=1S/K.H4O4Si.5H2O.H/c;1-5(2,3)4;;;;;;/h;1-4H;5*1H2;. The molecule has 0 aliphatic carbocycles. The van der Waals surface area contributed by atoms with Crippen LogP contribution in [0, 0.1) is 0 Å². The van der Waals surface area contributed by atoms with Gasteiger partial charge in [-0.05, 0) is 0 Å². The third-order valence-corrected chi connectivity index (χ3v) is 0. The Balaban J connectivity index is -0.00000000533. The van der Waals surface area contributed by atoms with Crippen LogP contribution in [-0.4, -0.2) is 107 Å². The molecule has 0 fully saturated rings. The van der Waals surface area contributed by atoms with E-state index in [2.05, 4.69) is 0 Å². The van der Waals surface area contributed by atoms with Crippen LogP contribution < -0.4 is 0 Å². The van der Waals surface area contributed by atoms with Crippen LogP contribution in [0.1, 0.15) is 0 Å². The maximum absolute atomic E-state index is 7.33. The van der Waals surface area contributed by atoms with Crippen LogP contribution in [0.15, 0.2) is 0 Å². The second-order valence-corrected chi connectivity index (χ2v) is 1.80. The van der Waals surface area contributed by atoms with Gasteiger partial charge in [0.1, 0.15) is 0 Å². The fourth-order valence-electron chi connectivity index (χ4n) is 0. The van der Waals surface area contributed by atoms with Crippen LogP contribution in [0.2, 0.25) is 0 Å². The molecule has 0 aliphatic rings. The Labute approximate surface area is 106 Å². The molecule has 0 aromatic heterocycles. The van der Waals surface area contributed by atoms with Crippen molar-refractivity contribution in [2.75, 3.05) is 0 Å². The van der Waals surface area contributed by atoms with Gasteiger partial charge in [-0.1, -0.05) is 0 Å². The molecule has 11 heavy (non-hydrogen) atoms. The fourth-order valence-corrected chi connectivity index (χ4v) is 0. The summed E-state index contributed by atoms with van der Waals surface area (Å²) in [7, 11) is -4.61. The first-order valence-corrected chi connectivity index (χ1v) is 2.68. The zero-order valence-electron chi connectivity index (χ0n) is 4.79. The number of hydrogen-bond donors (Lipinski definition) is 4. The molecule has 0 heterocycles. The third-order valence-electron chi connectivity index (χ3n) is 0. The summed E-state index contributed by atoms with van der Waals surface area (Å²) in [4.78, 5) is 29.3. The molecule has 0 aromatic carbocycles. The van der Waals surface area contributed by atoms with Crippen molar-refractivity contribution >= 4 is 60.4 Å². The first kappa shape index (κ1) is 54.7. The van der Waals surface area contributed by atoms with Gasteiger partial charge in [-0.15, -0.1) is 0 Å². The SMILES string of the molecule is O.O.O.O.O.O[Si](O)(O)O.[KH]. The predicted octanol–water partition coefficient (Wildman–Crippen LogP) is -7.38. The Morgan fingerprint density at radius 2 is 0.545 bits per heavy atom. The van der Waals surface area contributed by atoms with Crippen LogP contribution >= 0.6 is 0 Å². The zero-order chi connectivity index (χ0) is 4.50. The molecule has 14 N–H and O–H groups in total. The summed E-state index contributed by atoms with van der Waals surface area (Å²) >= 11 is 0. The van der Waals surface area contributed by atoms with E-state index in [9.17, 15) is 0 Å². The topological polar surface area (TPSA) is 238 Å². The van der Waals surface area contributed by atoms with Crippen molar-refractivity contribution in [1.29, 1.82) is 0 Å². The van der Waals surface area contributed by atoms with Gasteiger partial charge in [-0.3, -0.25) is 0 Å². The molecule has 0 saturated heterocycles. The van der Waals surface area contributed by atoms with E-state index in [0.717, 1.165) is 0 Å². The van der Waals surface area contributed by atoms with Crippen molar-refractivity contribution in [3.63, 3.8) is 0 Å². The first-order chi connectivity index (χ1) is 2.00. The summed E-state index contributed by atoms with van der Waals surface area (Å²) in [5.41, 5.74) is 0. The summed E-state index contributed by atoms with van der Waals surface area (Å²) in [6.45, 7) is 0. The summed E-state index contributed by atoms with van der Waals surface area (Å²) < 4.78 is 0. The van der Waals surface area contributed by atoms with E-state index in [4.69, 9.17) is 19.2 Å². The van der Waals surface area contributed by atoms with Gasteiger partial charge in [-0.2, -0.15) is 0 Å². The average Bonchev–Trinajstić information content (AvgIpc) is 0.722. The molecule has 11 heteroatoms. The molecule has 0 aliphatic heterocycles. The van der Waals surface area contributed by atoms with Crippen molar-refractivity contribution in [3.8, 4) is 0 Å². The molecule has 0 spiro atoms. The first-order valence-electron chi connectivity index (χ1n) is 0.894. The predicted molar refractivity (Wildman–Crippen MR) is 39.8 cm³/mol. The maximum atomic E-state index is 7.33. The van der Waals surface area contributed by atoms with Gasteiger partial charge < -0.3 is 46.6 Å². The molecule has 0 atom stereocenters. The molecule has 0 bridgehead atoms. The molecule has 0 unspecified atom stereocenters. The Kier molecular flexibility index (Phi) is 112. The van der Waals surface area contributed by atoms with Crippen molar-refractivity contribution in [2.24, 2.45) is 0 Å². The van der Waals surface area contributed by atoms with Gasteiger partial charge in [0.15, 0.2) is 0 Å². The number of hydrogen-bond acceptors (Lipinski definition) is 4. The second kappa shape index (κ2) is 22.5. The molecule has 0 saturated carbocycles. The summed E-state index contributed by atoms with van der Waals surface area (Å²) in [5, 5.41) is 0. The summed E-state index contributed by atoms with van der Waals surface area (Å²) in [6, 6.07) is 0. The summed E-state index contributed by atoms with van der Waals surface area (Å²) in [6.07, 6.45) is 0. The van der Waals surface area contributed by atoms with Crippen molar-refractivity contribution < 1.29 is 46.6 Å². The van der Waals surface area contributed by atoms with Gasteiger partial charge in [-0.25, -0.2) is 0 Å². The normalized spacial score (nSPS) is 5.45. The van der Waals surface area contributed by atoms with E-state index in [1.165, 1.54) is 0 Å². The molecule has 0 radical (unpaired) electrons. The molecule has 9 nitrogen and oxygen atoms in total. The van der Waals surface area contributed by atoms with E-state index in [-0.39, 0.29) is 78.8 Å². The van der Waals surface area contributed by atoms with Crippen molar-refractivity contribution in [1.82, 2.24) is 0 Å². The van der Waals surface area contributed by atoms with Gasteiger partial charge in [0.2, 0.25) is 0 Å². The number of rotatable bonds is 0. The molecular formula is H15KO9Si. The molecule has 0 aromatic rings. The Morgan fingerprint density at radius 3 is 0.545 bits per heavy atom. The van der Waals surface area contributed by atoms with Crippen LogP contribution in [0.25, 0.3) is 0 Å². The van der Waals surface area contributed by atoms with Crippen LogP contribution in [0.4, 0.5) is 0 Å². The van der Waals surface area contributed by atoms with Gasteiger partial charge in [0.25, 0.3) is 0 Å². The van der Waals surface area contributed by atoms with Crippen LogP contribution in [0.3, 0.4) is 0 Å². The molecular weight excluding hydrogens is 211 g/mol. The van der Waals surface area contributed by atoms with E-state index < -0.39 is 9.05 Å². The van der Waals surface area contributed by atoms with Crippen LogP contribution in [-0.2, 0) is 0 Å². The van der Waals surface area contributed by atoms with Crippen LogP contribution in [0.5, 0.6) is 0 Å². The minimum absolute atomic E-state index is 0. The van der Waals surface area contributed by atoms with E-state index in [0.29, 0.717) is 0 Å². The van der Waals surface area contributed by atoms with Gasteiger partial charge in [0, 0.05) is 0 Å². The fraction of sp³-hybridized carbons (Fsp3) is 0. The second-order valence-electron chi connectivity index (χ2n) is 0.600. The quantitative estimate of drug-likeness (QED) is 0.294. The minimum atomic E-state index is -4.61. The van der Waals surface area contributed by atoms with Gasteiger partial charge in [0.05, 0.1) is 0 Å². The average molecular weight is 226 g/mol. The Hall–Kier alpha value is 1.49. The summed E-state index contributed by atoms with van der Waals surface area (Å²) in [5.74, 6) is 0. The monoisotopic (exact) mass is 226 g/mol. The Bertz CT molecular complexity index is 25.0. The van der Waals surface area contributed by atoms with E-state index in [1.807, 2.05) is 0 Å². The van der Waals surface area contributed by atoms with Crippen molar-refractivity contribution in [2.45, 2.75) is 0 Å². The third kappa shape index (κ3) is 465. The Morgan fingerprint density at radius 1 is 0.545 bits per heavy atom. The van der Waals surface area contributed by atoms with Crippen molar-refractivity contribution in [3.05, 3.63) is 0 Å². The zero-order valence-corrected chi connectivity index (χ0v) is 5.79. The van der Waals surface area contributed by atoms with E-state index in [1.54, 1.807) is 0 Å². The van der Waals surface area contributed by atoms with E-state index >= 15 is 0 Å². The molecule has 74 valence electrons.